The van der Waals surface area contributed by atoms with Crippen LogP contribution in [0.3, 0.4) is 0 Å². The molecule has 0 amide bonds. The fourth-order valence-electron chi connectivity index (χ4n) is 1.16. The Bertz CT molecular complexity index is 410. The molecule has 2 aromatic heterocycles. The van der Waals surface area contributed by atoms with Crippen LogP contribution in [-0.4, -0.2) is 5.11 Å². The van der Waals surface area contributed by atoms with Crippen LogP contribution in [0.5, 0.6) is 0 Å². The number of hydrogen-bond donors (Lipinski definition) is 1. The molecule has 2 heterocycles. The Labute approximate surface area is 85.0 Å². The third-order valence-corrected chi connectivity index (χ3v) is 4.04. The second-order valence-electron chi connectivity index (χ2n) is 3.05. The summed E-state index contributed by atoms with van der Waals surface area (Å²) in [6.07, 6.45) is -0.496. The number of rotatable bonds is 2. The van der Waals surface area contributed by atoms with Gasteiger partial charge in [0.1, 0.15) is 6.10 Å². The monoisotopic (exact) mass is 210 g/mol. The lowest BCUT2D eigenvalue weighted by Crippen LogP contribution is -1.93. The van der Waals surface area contributed by atoms with Crippen molar-refractivity contribution in [2.75, 3.05) is 0 Å². The van der Waals surface area contributed by atoms with Crippen LogP contribution >= 0.6 is 22.7 Å². The van der Waals surface area contributed by atoms with Crippen LogP contribution in [0.4, 0.5) is 0 Å². The molecular weight excluding hydrogens is 200 g/mol. The normalized spacial score (nSPS) is 13.4. The van der Waals surface area contributed by atoms with Crippen LogP contribution < -0.4 is 0 Å². The van der Waals surface area contributed by atoms with Crippen LogP contribution in [0.1, 0.15) is 17.9 Å². The molecule has 0 aromatic carbocycles. The van der Waals surface area contributed by atoms with Gasteiger partial charge in [0.05, 0.1) is 0 Å². The van der Waals surface area contributed by atoms with Gasteiger partial charge in [-0.1, -0.05) is 6.58 Å². The molecule has 2 aromatic rings. The van der Waals surface area contributed by atoms with Gasteiger partial charge in [0.15, 0.2) is 0 Å². The molecule has 0 spiro atoms. The Hall–Kier alpha value is -0.640. The highest BCUT2D eigenvalue weighted by Gasteiger charge is 2.11. The average Bonchev–Trinajstić information content (AvgIpc) is 2.59. The molecule has 1 atom stereocenters. The molecule has 1 nitrogen and oxygen atoms in total. The third kappa shape index (κ3) is 1.55. The van der Waals surface area contributed by atoms with Gasteiger partial charge in [-0.05, 0) is 30.0 Å². The Kier molecular flexibility index (Phi) is 2.24. The smallest absolute Gasteiger partial charge is 0.109 e. The van der Waals surface area contributed by atoms with E-state index in [9.17, 15) is 5.11 Å². The van der Waals surface area contributed by atoms with Crippen molar-refractivity contribution in [2.24, 2.45) is 0 Å². The van der Waals surface area contributed by atoms with Crippen LogP contribution in [0.15, 0.2) is 29.7 Å². The first kappa shape index (κ1) is 8.94. The fraction of sp³-hybridized carbons (Fsp3) is 0.200. The minimum absolute atomic E-state index is 0.496. The van der Waals surface area contributed by atoms with Crippen LogP contribution in [0, 0.1) is 0 Å². The molecule has 68 valence electrons. The van der Waals surface area contributed by atoms with Gasteiger partial charge in [-0.15, -0.1) is 22.7 Å². The number of aliphatic hydroxyl groups excluding tert-OH is 1. The van der Waals surface area contributed by atoms with Crippen molar-refractivity contribution in [1.82, 2.24) is 0 Å². The zero-order valence-corrected chi connectivity index (χ0v) is 8.91. The molecule has 0 saturated carbocycles. The highest BCUT2D eigenvalue weighted by atomic mass is 32.1. The highest BCUT2D eigenvalue weighted by molar-refractivity contribution is 7.26. The highest BCUT2D eigenvalue weighted by Crippen LogP contribution is 2.35. The van der Waals surface area contributed by atoms with E-state index in [1.807, 2.05) is 13.0 Å². The number of hydrogen-bond acceptors (Lipinski definition) is 3. The third-order valence-electron chi connectivity index (χ3n) is 1.89. The summed E-state index contributed by atoms with van der Waals surface area (Å²) in [5, 5.41) is 11.8. The van der Waals surface area contributed by atoms with Crippen molar-refractivity contribution in [1.29, 1.82) is 0 Å². The first-order chi connectivity index (χ1) is 6.18. The quantitative estimate of drug-likeness (QED) is 0.751. The van der Waals surface area contributed by atoms with Crippen molar-refractivity contribution < 1.29 is 5.11 Å². The molecular formula is C10H10OS2. The van der Waals surface area contributed by atoms with Crippen molar-refractivity contribution in [3.63, 3.8) is 0 Å². The van der Waals surface area contributed by atoms with Gasteiger partial charge in [0.2, 0.25) is 0 Å². The summed E-state index contributed by atoms with van der Waals surface area (Å²) >= 11 is 3.35. The Morgan fingerprint density at radius 1 is 1.54 bits per heavy atom. The Morgan fingerprint density at radius 2 is 2.31 bits per heavy atom. The van der Waals surface area contributed by atoms with E-state index in [2.05, 4.69) is 18.0 Å². The first-order valence-electron chi connectivity index (χ1n) is 3.99. The lowest BCUT2D eigenvalue weighted by Gasteiger charge is -2.05. The minimum Gasteiger partial charge on any atom is -0.383 e. The SMILES string of the molecule is C=C(C)C(O)c1cc2sccc2s1. The largest absolute Gasteiger partial charge is 0.383 e. The summed E-state index contributed by atoms with van der Waals surface area (Å²) in [7, 11) is 0. The van der Waals surface area contributed by atoms with E-state index < -0.39 is 6.10 Å². The Balaban J connectivity index is 2.44. The van der Waals surface area contributed by atoms with E-state index in [-0.39, 0.29) is 0 Å². The molecule has 3 heteroatoms. The second-order valence-corrected chi connectivity index (χ2v) is 5.11. The molecule has 0 aliphatic heterocycles. The zero-order chi connectivity index (χ0) is 9.42. The molecule has 0 saturated heterocycles. The average molecular weight is 210 g/mol. The molecule has 2 rings (SSSR count). The van der Waals surface area contributed by atoms with E-state index >= 15 is 0 Å². The second kappa shape index (κ2) is 3.25. The molecule has 0 fully saturated rings. The summed E-state index contributed by atoms with van der Waals surface area (Å²) in [6.45, 7) is 5.59. The lowest BCUT2D eigenvalue weighted by atomic mass is 10.2. The molecule has 0 radical (unpaired) electrons. The summed E-state index contributed by atoms with van der Waals surface area (Å²) in [4.78, 5) is 0.995. The van der Waals surface area contributed by atoms with Gasteiger partial charge in [-0.25, -0.2) is 0 Å². The molecule has 0 aliphatic rings. The summed E-state index contributed by atoms with van der Waals surface area (Å²) in [5.41, 5.74) is 0.800. The van der Waals surface area contributed by atoms with Gasteiger partial charge < -0.3 is 5.11 Å². The molecule has 0 bridgehead atoms. The van der Waals surface area contributed by atoms with Gasteiger partial charge in [-0.2, -0.15) is 0 Å². The van der Waals surface area contributed by atoms with E-state index in [0.717, 1.165) is 10.5 Å². The number of thiophene rings is 2. The zero-order valence-electron chi connectivity index (χ0n) is 7.28. The van der Waals surface area contributed by atoms with Crippen molar-refractivity contribution in [2.45, 2.75) is 13.0 Å². The maximum Gasteiger partial charge on any atom is 0.109 e. The first-order valence-corrected chi connectivity index (χ1v) is 5.68. The molecule has 13 heavy (non-hydrogen) atoms. The predicted octanol–water partition coefficient (Wildman–Crippen LogP) is 3.57. The topological polar surface area (TPSA) is 20.2 Å². The summed E-state index contributed by atoms with van der Waals surface area (Å²) < 4.78 is 2.50. The molecule has 0 aliphatic carbocycles. The lowest BCUT2D eigenvalue weighted by molar-refractivity contribution is 0.220. The number of fused-ring (bicyclic) bond motifs is 1. The van der Waals surface area contributed by atoms with Crippen LogP contribution in [-0.2, 0) is 0 Å². The van der Waals surface area contributed by atoms with Gasteiger partial charge in [0, 0.05) is 14.3 Å². The summed E-state index contributed by atoms with van der Waals surface area (Å²) in [6, 6.07) is 4.13. The van der Waals surface area contributed by atoms with Crippen LogP contribution in [0.2, 0.25) is 0 Å². The van der Waals surface area contributed by atoms with E-state index in [0.29, 0.717) is 0 Å². The predicted molar refractivity (Wildman–Crippen MR) is 59.5 cm³/mol. The minimum atomic E-state index is -0.496. The van der Waals surface area contributed by atoms with Gasteiger partial charge in [0.25, 0.3) is 0 Å². The number of aliphatic hydroxyl groups is 1. The molecule has 1 unspecified atom stereocenters. The van der Waals surface area contributed by atoms with Crippen LogP contribution in [0.25, 0.3) is 9.40 Å². The van der Waals surface area contributed by atoms with Crippen molar-refractivity contribution >= 4 is 32.1 Å². The van der Waals surface area contributed by atoms with E-state index in [4.69, 9.17) is 0 Å². The van der Waals surface area contributed by atoms with Gasteiger partial charge in [-0.3, -0.25) is 0 Å². The van der Waals surface area contributed by atoms with Crippen molar-refractivity contribution in [3.05, 3.63) is 34.5 Å². The van der Waals surface area contributed by atoms with Gasteiger partial charge >= 0.3 is 0 Å². The van der Waals surface area contributed by atoms with E-state index in [1.165, 1.54) is 9.40 Å². The fourth-order valence-corrected chi connectivity index (χ4v) is 3.36. The standard InChI is InChI=1S/C10H10OS2/c1-6(2)10(11)9-5-8-7(13-9)3-4-12-8/h3-5,10-11H,1H2,2H3. The maximum absolute atomic E-state index is 9.73. The molecule has 1 N–H and O–H groups in total. The van der Waals surface area contributed by atoms with Crippen molar-refractivity contribution in [3.8, 4) is 0 Å². The van der Waals surface area contributed by atoms with E-state index in [1.54, 1.807) is 22.7 Å². The summed E-state index contributed by atoms with van der Waals surface area (Å²) in [5.74, 6) is 0. The maximum atomic E-state index is 9.73. The Morgan fingerprint density at radius 3 is 2.92 bits per heavy atom.